The molecular weight excluding hydrogens is 425 g/mol. The third-order valence-electron chi connectivity index (χ3n) is 4.62. The molecule has 2 aromatic carbocycles. The van der Waals surface area contributed by atoms with Gasteiger partial charge in [-0.2, -0.15) is 0 Å². The van der Waals surface area contributed by atoms with Crippen LogP contribution in [-0.4, -0.2) is 30.7 Å². The van der Waals surface area contributed by atoms with Crippen LogP contribution in [0.15, 0.2) is 36.4 Å². The fourth-order valence-electron chi connectivity index (χ4n) is 3.11. The average molecular weight is 441 g/mol. The number of anilines is 1. The summed E-state index contributed by atoms with van der Waals surface area (Å²) in [6.45, 7) is -0.0638. The summed E-state index contributed by atoms with van der Waals surface area (Å²) in [5.74, 6) is -5.60. The Bertz CT molecular complexity index is 964. The molecule has 1 heterocycles. The number of hydrogen-bond acceptors (Lipinski definition) is 3. The molecule has 9 heteroatoms. The Balaban J connectivity index is 1.58. The molecule has 1 saturated heterocycles. The van der Waals surface area contributed by atoms with Gasteiger partial charge in [0.05, 0.1) is 5.69 Å². The van der Waals surface area contributed by atoms with E-state index < -0.39 is 35.1 Å². The van der Waals surface area contributed by atoms with E-state index in [9.17, 15) is 23.2 Å². The SMILES string of the molecule is O=C(NCCCc1c(Cl)cccc1Cl)C1CN(c2ccc(F)cc2F)C(=O)C1=O. The zero-order valence-electron chi connectivity index (χ0n) is 15.1. The molecule has 0 spiro atoms. The largest absolute Gasteiger partial charge is 0.355 e. The van der Waals surface area contributed by atoms with Crippen LogP contribution >= 0.6 is 23.2 Å². The van der Waals surface area contributed by atoms with Gasteiger partial charge in [0, 0.05) is 29.2 Å². The Hall–Kier alpha value is -2.51. The summed E-state index contributed by atoms with van der Waals surface area (Å²) in [6, 6.07) is 7.81. The topological polar surface area (TPSA) is 66.5 Å². The first-order chi connectivity index (χ1) is 13.8. The summed E-state index contributed by atoms with van der Waals surface area (Å²) in [5, 5.41) is 3.65. The zero-order chi connectivity index (χ0) is 21.1. The van der Waals surface area contributed by atoms with Crippen molar-refractivity contribution in [1.29, 1.82) is 0 Å². The van der Waals surface area contributed by atoms with Crippen molar-refractivity contribution in [3.05, 3.63) is 63.6 Å². The van der Waals surface area contributed by atoms with Crippen LogP contribution in [0.25, 0.3) is 0 Å². The molecular formula is C20H16Cl2F2N2O3. The number of carbonyl (C=O) groups excluding carboxylic acids is 3. The molecule has 0 bridgehead atoms. The number of carbonyl (C=O) groups is 3. The molecule has 5 nitrogen and oxygen atoms in total. The second-order valence-electron chi connectivity index (χ2n) is 6.52. The van der Waals surface area contributed by atoms with Crippen molar-refractivity contribution in [3.63, 3.8) is 0 Å². The van der Waals surface area contributed by atoms with E-state index in [2.05, 4.69) is 5.32 Å². The molecule has 0 aromatic heterocycles. The number of nitrogens with zero attached hydrogens (tertiary/aromatic N) is 1. The summed E-state index contributed by atoms with van der Waals surface area (Å²) >= 11 is 12.2. The molecule has 1 unspecified atom stereocenters. The maximum Gasteiger partial charge on any atom is 0.295 e. The number of benzene rings is 2. The van der Waals surface area contributed by atoms with Crippen molar-refractivity contribution in [2.45, 2.75) is 12.8 Å². The van der Waals surface area contributed by atoms with Crippen LogP contribution in [0.4, 0.5) is 14.5 Å². The monoisotopic (exact) mass is 440 g/mol. The van der Waals surface area contributed by atoms with Gasteiger partial charge in [0.2, 0.25) is 11.7 Å². The number of halogens is 4. The molecule has 0 saturated carbocycles. The van der Waals surface area contributed by atoms with Gasteiger partial charge in [0.1, 0.15) is 17.6 Å². The summed E-state index contributed by atoms with van der Waals surface area (Å²) in [6.07, 6.45) is 1.03. The molecule has 152 valence electrons. The van der Waals surface area contributed by atoms with E-state index in [-0.39, 0.29) is 18.8 Å². The first-order valence-corrected chi connectivity index (χ1v) is 9.56. The van der Waals surface area contributed by atoms with Crippen LogP contribution < -0.4 is 10.2 Å². The summed E-state index contributed by atoms with van der Waals surface area (Å²) in [4.78, 5) is 37.5. The van der Waals surface area contributed by atoms with Crippen LogP contribution in [0.1, 0.15) is 12.0 Å². The third-order valence-corrected chi connectivity index (χ3v) is 5.33. The minimum atomic E-state index is -1.25. The van der Waals surface area contributed by atoms with E-state index in [0.29, 0.717) is 29.0 Å². The fraction of sp³-hybridized carbons (Fsp3) is 0.250. The van der Waals surface area contributed by atoms with Crippen molar-refractivity contribution in [3.8, 4) is 0 Å². The first kappa shape index (κ1) is 21.2. The normalized spacial score (nSPS) is 16.4. The predicted octanol–water partition coefficient (Wildman–Crippen LogP) is 3.55. The number of amides is 2. The first-order valence-electron chi connectivity index (χ1n) is 8.81. The van der Waals surface area contributed by atoms with Gasteiger partial charge < -0.3 is 10.2 Å². The highest BCUT2D eigenvalue weighted by Crippen LogP contribution is 2.27. The highest BCUT2D eigenvalue weighted by Gasteiger charge is 2.44. The van der Waals surface area contributed by atoms with E-state index in [0.717, 1.165) is 22.6 Å². The Kier molecular flexibility index (Phi) is 6.49. The molecule has 1 aliphatic heterocycles. The van der Waals surface area contributed by atoms with E-state index in [1.54, 1.807) is 18.2 Å². The van der Waals surface area contributed by atoms with Gasteiger partial charge in [-0.15, -0.1) is 0 Å². The Morgan fingerprint density at radius 3 is 2.48 bits per heavy atom. The smallest absolute Gasteiger partial charge is 0.295 e. The van der Waals surface area contributed by atoms with Crippen LogP contribution in [0.5, 0.6) is 0 Å². The number of ketones is 1. The lowest BCUT2D eigenvalue weighted by Gasteiger charge is -2.16. The van der Waals surface area contributed by atoms with Gasteiger partial charge in [-0.1, -0.05) is 29.3 Å². The third kappa shape index (κ3) is 4.57. The van der Waals surface area contributed by atoms with Crippen LogP contribution in [0.2, 0.25) is 10.0 Å². The quantitative estimate of drug-likeness (QED) is 0.424. The molecule has 3 rings (SSSR count). The number of Topliss-reactive ketones (excluding diaryl/α,β-unsaturated/α-hetero) is 1. The van der Waals surface area contributed by atoms with E-state index in [1.165, 1.54) is 0 Å². The van der Waals surface area contributed by atoms with Gasteiger partial charge in [0.25, 0.3) is 5.91 Å². The van der Waals surface area contributed by atoms with Crippen molar-refractivity contribution in [2.75, 3.05) is 18.0 Å². The van der Waals surface area contributed by atoms with Crippen molar-refractivity contribution < 1.29 is 23.2 Å². The molecule has 1 aliphatic rings. The highest BCUT2D eigenvalue weighted by atomic mass is 35.5. The lowest BCUT2D eigenvalue weighted by Crippen LogP contribution is -2.36. The van der Waals surface area contributed by atoms with Gasteiger partial charge in [0.15, 0.2) is 0 Å². The predicted molar refractivity (Wildman–Crippen MR) is 105 cm³/mol. The standard InChI is InChI=1S/C20H16Cl2F2N2O3/c21-14-4-1-5-15(22)12(14)3-2-8-25-19(28)13-10-26(20(29)18(13)27)17-7-6-11(23)9-16(17)24/h1,4-7,9,13H,2-3,8,10H2,(H,25,28). The van der Waals surface area contributed by atoms with Gasteiger partial charge >= 0.3 is 0 Å². The van der Waals surface area contributed by atoms with E-state index >= 15 is 0 Å². The van der Waals surface area contributed by atoms with Crippen molar-refractivity contribution in [2.24, 2.45) is 5.92 Å². The van der Waals surface area contributed by atoms with E-state index in [1.807, 2.05) is 0 Å². The minimum Gasteiger partial charge on any atom is -0.355 e. The van der Waals surface area contributed by atoms with Crippen LogP contribution in [0.3, 0.4) is 0 Å². The number of hydrogen-bond donors (Lipinski definition) is 1. The summed E-state index contributed by atoms with van der Waals surface area (Å²) in [7, 11) is 0. The molecule has 29 heavy (non-hydrogen) atoms. The van der Waals surface area contributed by atoms with E-state index in [4.69, 9.17) is 23.2 Å². The van der Waals surface area contributed by atoms with Gasteiger partial charge in [-0.05, 0) is 42.7 Å². The molecule has 2 aromatic rings. The maximum absolute atomic E-state index is 13.9. The Morgan fingerprint density at radius 2 is 1.83 bits per heavy atom. The second kappa shape index (κ2) is 8.88. The molecule has 1 fully saturated rings. The molecule has 0 radical (unpaired) electrons. The molecule has 1 N–H and O–H groups in total. The van der Waals surface area contributed by atoms with Crippen LogP contribution in [0, 0.1) is 17.6 Å². The summed E-state index contributed by atoms with van der Waals surface area (Å²) < 4.78 is 27.0. The van der Waals surface area contributed by atoms with Gasteiger partial charge in [-0.25, -0.2) is 8.78 Å². The molecule has 1 atom stereocenters. The molecule has 2 amide bonds. The highest BCUT2D eigenvalue weighted by molar-refractivity contribution is 6.47. The maximum atomic E-state index is 13.9. The minimum absolute atomic E-state index is 0.239. The summed E-state index contributed by atoms with van der Waals surface area (Å²) in [5.41, 5.74) is 0.517. The Morgan fingerprint density at radius 1 is 1.14 bits per heavy atom. The van der Waals surface area contributed by atoms with Crippen LogP contribution in [-0.2, 0) is 20.8 Å². The fourth-order valence-corrected chi connectivity index (χ4v) is 3.70. The number of nitrogens with one attached hydrogen (secondary N) is 1. The van der Waals surface area contributed by atoms with Crippen molar-refractivity contribution in [1.82, 2.24) is 5.32 Å². The average Bonchev–Trinajstić information content (AvgIpc) is 2.96. The van der Waals surface area contributed by atoms with Crippen molar-refractivity contribution >= 4 is 46.5 Å². The number of rotatable bonds is 6. The zero-order valence-corrected chi connectivity index (χ0v) is 16.6. The Labute approximate surface area is 175 Å². The van der Waals surface area contributed by atoms with Gasteiger partial charge in [-0.3, -0.25) is 14.4 Å². The lowest BCUT2D eigenvalue weighted by atomic mass is 10.1. The second-order valence-corrected chi connectivity index (χ2v) is 7.34. The lowest BCUT2D eigenvalue weighted by molar-refractivity contribution is -0.139. The molecule has 0 aliphatic carbocycles.